The Bertz CT molecular complexity index is 1120. The number of sulfone groups is 1. The Morgan fingerprint density at radius 2 is 1.67 bits per heavy atom. The number of carbonyl (C=O) groups is 1. The minimum atomic E-state index is -3.73. The van der Waals surface area contributed by atoms with E-state index in [2.05, 4.69) is 5.32 Å². The number of nitrogens with zero attached hydrogens (tertiary/aromatic N) is 1. The van der Waals surface area contributed by atoms with Crippen LogP contribution in [0.5, 0.6) is 0 Å². The largest absolute Gasteiger partial charge is 0.358 e. The van der Waals surface area contributed by atoms with E-state index in [9.17, 15) is 21.6 Å². The Morgan fingerprint density at radius 3 is 2.23 bits per heavy atom. The molecule has 1 aliphatic rings. The van der Waals surface area contributed by atoms with Crippen LogP contribution in [0.25, 0.3) is 11.1 Å². The topological polar surface area (TPSA) is 101 Å². The van der Waals surface area contributed by atoms with Crippen LogP contribution in [0.15, 0.2) is 53.4 Å². The summed E-state index contributed by atoms with van der Waals surface area (Å²) in [6, 6.07) is 13.8. The first kappa shape index (κ1) is 22.7. The fourth-order valence-electron chi connectivity index (χ4n) is 3.44. The quantitative estimate of drug-likeness (QED) is 0.698. The molecule has 1 fully saturated rings. The van der Waals surface area contributed by atoms with Crippen LogP contribution in [0.4, 0.5) is 0 Å². The molecule has 0 atom stereocenters. The van der Waals surface area contributed by atoms with Gasteiger partial charge in [0.2, 0.25) is 15.9 Å². The van der Waals surface area contributed by atoms with Crippen molar-refractivity contribution < 1.29 is 21.6 Å². The molecule has 10 heteroatoms. The first-order valence-corrected chi connectivity index (χ1v) is 12.9. The van der Waals surface area contributed by atoms with E-state index in [1.54, 1.807) is 36.4 Å². The van der Waals surface area contributed by atoms with Crippen molar-refractivity contribution in [3.63, 3.8) is 0 Å². The van der Waals surface area contributed by atoms with E-state index >= 15 is 0 Å². The molecule has 3 rings (SSSR count). The predicted octanol–water partition coefficient (Wildman–Crippen LogP) is 2.32. The van der Waals surface area contributed by atoms with Gasteiger partial charge in [0.15, 0.2) is 9.84 Å². The van der Waals surface area contributed by atoms with Crippen LogP contribution in [-0.4, -0.2) is 58.2 Å². The minimum absolute atomic E-state index is 0.0933. The standard InChI is InChI=1S/C20H23ClN2O5S2/c1-22-20(24)14-29(25,26)18-9-11-23(12-10-18)30(27,28)19-7-5-15(6-8-19)16-3-2-4-17(21)13-16/h2-8,13,18H,9-12,14H2,1H3,(H,22,24). The van der Waals surface area contributed by atoms with Crippen molar-refractivity contribution >= 4 is 37.4 Å². The number of sulfonamides is 1. The summed E-state index contributed by atoms with van der Waals surface area (Å²) in [6.45, 7) is 0.187. The molecule has 1 N–H and O–H groups in total. The van der Waals surface area contributed by atoms with Crippen LogP contribution in [-0.2, 0) is 24.7 Å². The van der Waals surface area contributed by atoms with Gasteiger partial charge in [-0.15, -0.1) is 0 Å². The van der Waals surface area contributed by atoms with Crippen molar-refractivity contribution in [1.29, 1.82) is 0 Å². The Morgan fingerprint density at radius 1 is 1.03 bits per heavy atom. The molecule has 0 spiro atoms. The monoisotopic (exact) mass is 470 g/mol. The van der Waals surface area contributed by atoms with Gasteiger partial charge in [0.1, 0.15) is 5.75 Å². The second-order valence-corrected chi connectivity index (χ2v) is 11.8. The number of hydrogen-bond donors (Lipinski definition) is 1. The molecule has 0 unspecified atom stereocenters. The Kier molecular flexibility index (Phi) is 6.86. The molecular formula is C20H23ClN2O5S2. The number of rotatable bonds is 6. The third-order valence-corrected chi connectivity index (χ3v) is 9.47. The fourth-order valence-corrected chi connectivity index (χ4v) is 6.78. The van der Waals surface area contributed by atoms with E-state index in [-0.39, 0.29) is 30.8 Å². The van der Waals surface area contributed by atoms with Crippen molar-refractivity contribution in [1.82, 2.24) is 9.62 Å². The number of carbonyl (C=O) groups excluding carboxylic acids is 1. The zero-order valence-electron chi connectivity index (χ0n) is 16.4. The summed E-state index contributed by atoms with van der Waals surface area (Å²) in [7, 11) is -5.97. The molecule has 0 bridgehead atoms. The van der Waals surface area contributed by atoms with Crippen molar-refractivity contribution in [3.05, 3.63) is 53.6 Å². The summed E-state index contributed by atoms with van der Waals surface area (Å²) in [5.74, 6) is -1.14. The smallest absolute Gasteiger partial charge is 0.243 e. The van der Waals surface area contributed by atoms with Crippen LogP contribution in [0.2, 0.25) is 5.02 Å². The van der Waals surface area contributed by atoms with Gasteiger partial charge < -0.3 is 5.32 Å². The molecule has 1 heterocycles. The maximum atomic E-state index is 13.0. The van der Waals surface area contributed by atoms with Crippen LogP contribution in [0.3, 0.4) is 0 Å². The van der Waals surface area contributed by atoms with Gasteiger partial charge in [-0.3, -0.25) is 4.79 Å². The lowest BCUT2D eigenvalue weighted by atomic mass is 10.1. The average molecular weight is 471 g/mol. The molecule has 2 aromatic rings. The maximum Gasteiger partial charge on any atom is 0.243 e. The van der Waals surface area contributed by atoms with Crippen molar-refractivity contribution in [3.8, 4) is 11.1 Å². The van der Waals surface area contributed by atoms with Gasteiger partial charge in [-0.05, 0) is 48.2 Å². The van der Waals surface area contributed by atoms with Gasteiger partial charge in [-0.25, -0.2) is 16.8 Å². The Hall–Kier alpha value is -1.94. The lowest BCUT2D eigenvalue weighted by Gasteiger charge is -2.30. The van der Waals surface area contributed by atoms with Crippen molar-refractivity contribution in [2.75, 3.05) is 25.9 Å². The van der Waals surface area contributed by atoms with Gasteiger partial charge in [0.05, 0.1) is 10.1 Å². The summed E-state index contributed by atoms with van der Waals surface area (Å²) in [6.07, 6.45) is 0.332. The minimum Gasteiger partial charge on any atom is -0.358 e. The SMILES string of the molecule is CNC(=O)CS(=O)(=O)C1CCN(S(=O)(=O)c2ccc(-c3cccc(Cl)c3)cc2)CC1. The van der Waals surface area contributed by atoms with Crippen LogP contribution >= 0.6 is 11.6 Å². The number of hydrogen-bond acceptors (Lipinski definition) is 5. The molecule has 7 nitrogen and oxygen atoms in total. The van der Waals surface area contributed by atoms with E-state index in [4.69, 9.17) is 11.6 Å². The molecule has 0 aromatic heterocycles. The highest BCUT2D eigenvalue weighted by atomic mass is 35.5. The fraction of sp³-hybridized carbons (Fsp3) is 0.350. The van der Waals surface area contributed by atoms with Crippen LogP contribution in [0.1, 0.15) is 12.8 Å². The van der Waals surface area contributed by atoms with E-state index in [1.165, 1.54) is 11.4 Å². The summed E-state index contributed by atoms with van der Waals surface area (Å²) < 4.78 is 51.9. The third-order valence-electron chi connectivity index (χ3n) is 5.17. The Labute approximate surface area is 182 Å². The lowest BCUT2D eigenvalue weighted by molar-refractivity contribution is -0.118. The molecular weight excluding hydrogens is 448 g/mol. The highest BCUT2D eigenvalue weighted by Crippen LogP contribution is 2.27. The molecule has 2 aromatic carbocycles. The average Bonchev–Trinajstić information content (AvgIpc) is 2.73. The first-order valence-electron chi connectivity index (χ1n) is 9.42. The van der Waals surface area contributed by atoms with Crippen molar-refractivity contribution in [2.45, 2.75) is 23.0 Å². The molecule has 0 aliphatic carbocycles. The highest BCUT2D eigenvalue weighted by Gasteiger charge is 2.35. The van der Waals surface area contributed by atoms with Gasteiger partial charge >= 0.3 is 0 Å². The summed E-state index contributed by atoms with van der Waals surface area (Å²) in [5.41, 5.74) is 1.73. The lowest BCUT2D eigenvalue weighted by Crippen LogP contribution is -2.44. The van der Waals surface area contributed by atoms with Crippen LogP contribution < -0.4 is 5.32 Å². The molecule has 1 amide bonds. The second kappa shape index (κ2) is 9.05. The number of halogens is 1. The Balaban J connectivity index is 1.70. The van der Waals surface area contributed by atoms with E-state index in [0.29, 0.717) is 5.02 Å². The molecule has 30 heavy (non-hydrogen) atoms. The number of nitrogens with one attached hydrogen (secondary N) is 1. The summed E-state index contributed by atoms with van der Waals surface area (Å²) in [4.78, 5) is 11.6. The zero-order valence-corrected chi connectivity index (χ0v) is 18.8. The van der Waals surface area contributed by atoms with E-state index < -0.39 is 36.8 Å². The van der Waals surface area contributed by atoms with Crippen molar-refractivity contribution in [2.24, 2.45) is 0 Å². The molecule has 162 valence electrons. The van der Waals surface area contributed by atoms with Crippen LogP contribution in [0, 0.1) is 0 Å². The van der Waals surface area contributed by atoms with Gasteiger partial charge in [0, 0.05) is 25.2 Å². The molecule has 1 saturated heterocycles. The summed E-state index contributed by atoms with van der Waals surface area (Å²) >= 11 is 6.01. The third kappa shape index (κ3) is 5.03. The normalized spacial score (nSPS) is 16.3. The molecule has 1 aliphatic heterocycles. The second-order valence-electron chi connectivity index (χ2n) is 7.12. The summed E-state index contributed by atoms with van der Waals surface area (Å²) in [5, 5.41) is 2.18. The molecule has 0 saturated carbocycles. The predicted molar refractivity (Wildman–Crippen MR) is 117 cm³/mol. The number of amides is 1. The van der Waals surface area contributed by atoms with Gasteiger partial charge in [0.25, 0.3) is 0 Å². The first-order chi connectivity index (χ1) is 14.1. The maximum absolute atomic E-state index is 13.0. The van der Waals surface area contributed by atoms with Gasteiger partial charge in [-0.2, -0.15) is 4.31 Å². The van der Waals surface area contributed by atoms with E-state index in [1.807, 2.05) is 12.1 Å². The number of piperidine rings is 1. The zero-order chi connectivity index (χ0) is 21.9. The highest BCUT2D eigenvalue weighted by molar-refractivity contribution is 7.92. The van der Waals surface area contributed by atoms with E-state index in [0.717, 1.165) is 11.1 Å². The molecule has 0 radical (unpaired) electrons. The van der Waals surface area contributed by atoms with Gasteiger partial charge in [-0.1, -0.05) is 35.9 Å². The number of benzene rings is 2.